The zero-order chi connectivity index (χ0) is 9.68. The Morgan fingerprint density at radius 1 is 1.38 bits per heavy atom. The van der Waals surface area contributed by atoms with E-state index in [2.05, 4.69) is 24.1 Å². The molecular formula is C10H19N3. The van der Waals surface area contributed by atoms with E-state index in [0.29, 0.717) is 12.1 Å². The molecule has 1 atom stereocenters. The van der Waals surface area contributed by atoms with E-state index in [1.165, 1.54) is 13.0 Å². The van der Waals surface area contributed by atoms with Gasteiger partial charge >= 0.3 is 0 Å². The molecule has 1 aliphatic rings. The van der Waals surface area contributed by atoms with Gasteiger partial charge in [-0.05, 0) is 39.7 Å². The van der Waals surface area contributed by atoms with Gasteiger partial charge in [0, 0.05) is 18.6 Å². The Balaban J connectivity index is 2.36. The van der Waals surface area contributed by atoms with Crippen molar-refractivity contribution in [3.05, 3.63) is 0 Å². The van der Waals surface area contributed by atoms with E-state index in [4.69, 9.17) is 5.26 Å². The molecule has 3 heteroatoms. The van der Waals surface area contributed by atoms with Crippen LogP contribution in [0.3, 0.4) is 0 Å². The molecule has 1 unspecified atom stereocenters. The molecular weight excluding hydrogens is 162 g/mol. The van der Waals surface area contributed by atoms with Gasteiger partial charge in [-0.1, -0.05) is 0 Å². The lowest BCUT2D eigenvalue weighted by atomic mass is 10.1. The summed E-state index contributed by atoms with van der Waals surface area (Å²) in [5.41, 5.74) is 0. The van der Waals surface area contributed by atoms with Crippen molar-refractivity contribution in [3.63, 3.8) is 0 Å². The van der Waals surface area contributed by atoms with Gasteiger partial charge < -0.3 is 10.2 Å². The largest absolute Gasteiger partial charge is 0.321 e. The van der Waals surface area contributed by atoms with Gasteiger partial charge in [0.15, 0.2) is 6.19 Å². The van der Waals surface area contributed by atoms with E-state index in [9.17, 15) is 0 Å². The molecule has 0 aromatic heterocycles. The zero-order valence-corrected chi connectivity index (χ0v) is 8.58. The lowest BCUT2D eigenvalue weighted by Crippen LogP contribution is -2.33. The predicted octanol–water partition coefficient (Wildman–Crippen LogP) is 1.32. The molecule has 1 heterocycles. The maximum Gasteiger partial charge on any atom is 0.176 e. The molecule has 0 aromatic carbocycles. The van der Waals surface area contributed by atoms with Crippen LogP contribution in [-0.2, 0) is 0 Å². The minimum absolute atomic E-state index is 0.411. The Bertz CT molecular complexity index is 183. The Morgan fingerprint density at radius 2 is 2.15 bits per heavy atom. The SMILES string of the molecule is CC(C)N1CCCC(NC#N)CC1. The highest BCUT2D eigenvalue weighted by atomic mass is 15.1. The molecule has 3 nitrogen and oxygen atoms in total. The third kappa shape index (κ3) is 3.23. The first-order valence-electron chi connectivity index (χ1n) is 5.12. The molecule has 1 N–H and O–H groups in total. The van der Waals surface area contributed by atoms with Crippen molar-refractivity contribution in [2.24, 2.45) is 0 Å². The molecule has 0 amide bonds. The molecule has 1 fully saturated rings. The van der Waals surface area contributed by atoms with E-state index >= 15 is 0 Å². The minimum Gasteiger partial charge on any atom is -0.321 e. The van der Waals surface area contributed by atoms with Crippen LogP contribution in [0.25, 0.3) is 0 Å². The molecule has 13 heavy (non-hydrogen) atoms. The van der Waals surface area contributed by atoms with Crippen LogP contribution >= 0.6 is 0 Å². The summed E-state index contributed by atoms with van der Waals surface area (Å²) in [5.74, 6) is 0. The van der Waals surface area contributed by atoms with E-state index in [0.717, 1.165) is 19.4 Å². The summed E-state index contributed by atoms with van der Waals surface area (Å²) in [6, 6.07) is 1.05. The fourth-order valence-electron chi connectivity index (χ4n) is 1.87. The van der Waals surface area contributed by atoms with Crippen molar-refractivity contribution in [2.75, 3.05) is 13.1 Å². The Kier molecular flexibility index (Phi) is 4.04. The van der Waals surface area contributed by atoms with Crippen LogP contribution < -0.4 is 5.32 Å². The number of nitrogens with one attached hydrogen (secondary N) is 1. The van der Waals surface area contributed by atoms with Crippen LogP contribution in [0.5, 0.6) is 0 Å². The van der Waals surface area contributed by atoms with Gasteiger partial charge in [0.25, 0.3) is 0 Å². The topological polar surface area (TPSA) is 39.1 Å². The van der Waals surface area contributed by atoms with Crippen molar-refractivity contribution in [3.8, 4) is 6.19 Å². The summed E-state index contributed by atoms with van der Waals surface area (Å²) in [7, 11) is 0. The summed E-state index contributed by atoms with van der Waals surface area (Å²) in [6.07, 6.45) is 5.49. The maximum atomic E-state index is 8.51. The van der Waals surface area contributed by atoms with Gasteiger partial charge in [-0.3, -0.25) is 0 Å². The zero-order valence-electron chi connectivity index (χ0n) is 8.58. The first-order chi connectivity index (χ1) is 6.24. The summed E-state index contributed by atoms with van der Waals surface area (Å²) in [4.78, 5) is 2.49. The van der Waals surface area contributed by atoms with Crippen molar-refractivity contribution in [2.45, 2.75) is 45.2 Å². The van der Waals surface area contributed by atoms with Crippen LogP contribution in [0.4, 0.5) is 0 Å². The summed E-state index contributed by atoms with van der Waals surface area (Å²) in [6.45, 7) is 6.77. The molecule has 0 saturated carbocycles. The van der Waals surface area contributed by atoms with E-state index < -0.39 is 0 Å². The molecule has 0 aromatic rings. The number of hydrogen-bond donors (Lipinski definition) is 1. The fourth-order valence-corrected chi connectivity index (χ4v) is 1.87. The number of hydrogen-bond acceptors (Lipinski definition) is 3. The lowest BCUT2D eigenvalue weighted by molar-refractivity contribution is 0.229. The number of nitrogens with zero attached hydrogens (tertiary/aromatic N) is 2. The molecule has 0 radical (unpaired) electrons. The first kappa shape index (κ1) is 10.3. The van der Waals surface area contributed by atoms with Gasteiger partial charge in [0.05, 0.1) is 0 Å². The minimum atomic E-state index is 0.411. The summed E-state index contributed by atoms with van der Waals surface area (Å²) < 4.78 is 0. The van der Waals surface area contributed by atoms with Gasteiger partial charge in [-0.2, -0.15) is 5.26 Å². The normalized spacial score (nSPS) is 25.2. The Labute approximate surface area is 80.7 Å². The second-order valence-corrected chi connectivity index (χ2v) is 4.01. The monoisotopic (exact) mass is 181 g/mol. The van der Waals surface area contributed by atoms with E-state index in [1.807, 2.05) is 6.19 Å². The van der Waals surface area contributed by atoms with Crippen molar-refractivity contribution < 1.29 is 0 Å². The molecule has 0 spiro atoms. The van der Waals surface area contributed by atoms with Gasteiger partial charge in [0.2, 0.25) is 0 Å². The lowest BCUT2D eigenvalue weighted by Gasteiger charge is -2.24. The molecule has 0 aliphatic carbocycles. The molecule has 1 aliphatic heterocycles. The maximum absolute atomic E-state index is 8.51. The van der Waals surface area contributed by atoms with Crippen LogP contribution in [0.2, 0.25) is 0 Å². The van der Waals surface area contributed by atoms with Crippen molar-refractivity contribution >= 4 is 0 Å². The highest BCUT2D eigenvalue weighted by Gasteiger charge is 2.17. The van der Waals surface area contributed by atoms with Gasteiger partial charge in [-0.15, -0.1) is 0 Å². The second kappa shape index (κ2) is 5.08. The first-order valence-corrected chi connectivity index (χ1v) is 5.12. The highest BCUT2D eigenvalue weighted by Crippen LogP contribution is 2.12. The van der Waals surface area contributed by atoms with Gasteiger partial charge in [-0.25, -0.2) is 0 Å². The average Bonchev–Trinajstić information content (AvgIpc) is 2.30. The fraction of sp³-hybridized carbons (Fsp3) is 0.900. The predicted molar refractivity (Wildman–Crippen MR) is 53.1 cm³/mol. The third-order valence-electron chi connectivity index (χ3n) is 2.76. The Morgan fingerprint density at radius 3 is 2.77 bits per heavy atom. The summed E-state index contributed by atoms with van der Waals surface area (Å²) in [5, 5.41) is 11.4. The van der Waals surface area contributed by atoms with E-state index in [-0.39, 0.29) is 0 Å². The molecule has 0 bridgehead atoms. The third-order valence-corrected chi connectivity index (χ3v) is 2.76. The molecule has 74 valence electrons. The number of likely N-dealkylation sites (tertiary alicyclic amines) is 1. The van der Waals surface area contributed by atoms with E-state index in [1.54, 1.807) is 0 Å². The Hall–Kier alpha value is -0.750. The van der Waals surface area contributed by atoms with Crippen LogP contribution in [0, 0.1) is 11.5 Å². The summed E-state index contributed by atoms with van der Waals surface area (Å²) >= 11 is 0. The smallest absolute Gasteiger partial charge is 0.176 e. The highest BCUT2D eigenvalue weighted by molar-refractivity contribution is 4.81. The quantitative estimate of drug-likeness (QED) is 0.516. The second-order valence-electron chi connectivity index (χ2n) is 4.01. The van der Waals surface area contributed by atoms with Crippen LogP contribution in [0.15, 0.2) is 0 Å². The standard InChI is InChI=1S/C10H19N3/c1-9(2)13-6-3-4-10(5-7-13)12-8-11/h9-10,12H,3-7H2,1-2H3. The van der Waals surface area contributed by atoms with Crippen LogP contribution in [0.1, 0.15) is 33.1 Å². The number of rotatable bonds is 2. The average molecular weight is 181 g/mol. The van der Waals surface area contributed by atoms with Crippen molar-refractivity contribution in [1.29, 1.82) is 5.26 Å². The van der Waals surface area contributed by atoms with Crippen LogP contribution in [-0.4, -0.2) is 30.1 Å². The molecule has 1 saturated heterocycles. The van der Waals surface area contributed by atoms with Gasteiger partial charge in [0.1, 0.15) is 0 Å². The molecule has 1 rings (SSSR count). The van der Waals surface area contributed by atoms with Crippen molar-refractivity contribution in [1.82, 2.24) is 10.2 Å². The number of nitriles is 1.